The molecule has 1 fully saturated rings. The summed E-state index contributed by atoms with van der Waals surface area (Å²) in [7, 11) is -1.44. The number of likely N-dealkylation sites (tertiary alicyclic amines) is 1. The fourth-order valence-electron chi connectivity index (χ4n) is 4.30. The van der Waals surface area contributed by atoms with Gasteiger partial charge in [0.2, 0.25) is 5.95 Å². The molecule has 0 bridgehead atoms. The van der Waals surface area contributed by atoms with Crippen molar-refractivity contribution in [2.75, 3.05) is 18.4 Å². The zero-order chi connectivity index (χ0) is 28.2. The van der Waals surface area contributed by atoms with Gasteiger partial charge < -0.3 is 15.0 Å². The zero-order valence-corrected chi connectivity index (χ0v) is 24.4. The summed E-state index contributed by atoms with van der Waals surface area (Å²) >= 11 is 6.57. The monoisotopic (exact) mass is 567 g/mol. The predicted molar refractivity (Wildman–Crippen MR) is 157 cm³/mol. The van der Waals surface area contributed by atoms with Crippen LogP contribution in [0.25, 0.3) is 22.2 Å². The number of carbonyl (C=O) groups is 1. The lowest BCUT2D eigenvalue weighted by molar-refractivity contribution is 0.0293. The number of halogens is 1. The number of anilines is 1. The minimum Gasteiger partial charge on any atom is -0.444 e. The quantitative estimate of drug-likeness (QED) is 0.286. The van der Waals surface area contributed by atoms with E-state index in [1.807, 2.05) is 95.4 Å². The molecule has 1 N–H and O–H groups in total. The molecule has 1 aliphatic rings. The van der Waals surface area contributed by atoms with Crippen LogP contribution >= 0.6 is 11.6 Å². The van der Waals surface area contributed by atoms with Gasteiger partial charge in [-0.3, -0.25) is 3.97 Å². The number of nitrogens with one attached hydrogen (secondary N) is 1. The molecule has 2 atom stereocenters. The SMILES string of the molecule is CC.CC(C)(C)OC(=O)N1CCC(Nc2ncc(Cl)c(-c3cn(S(=O)c4ccccc4)c4ccccc34)n2)C1. The fourth-order valence-corrected chi connectivity index (χ4v) is 5.65. The van der Waals surface area contributed by atoms with Crippen molar-refractivity contribution in [2.45, 2.75) is 57.6 Å². The molecule has 3 heterocycles. The summed E-state index contributed by atoms with van der Waals surface area (Å²) in [5.74, 6) is 0.413. The van der Waals surface area contributed by atoms with Crippen LogP contribution in [0.1, 0.15) is 41.0 Å². The van der Waals surface area contributed by atoms with E-state index in [0.717, 1.165) is 22.9 Å². The van der Waals surface area contributed by atoms with Gasteiger partial charge in [0.05, 0.1) is 27.3 Å². The first-order chi connectivity index (χ1) is 18.7. The Bertz CT molecular complexity index is 1470. The summed E-state index contributed by atoms with van der Waals surface area (Å²) < 4.78 is 20.6. The highest BCUT2D eigenvalue weighted by Gasteiger charge is 2.30. The van der Waals surface area contributed by atoms with E-state index < -0.39 is 16.6 Å². The Hall–Kier alpha value is -3.43. The lowest BCUT2D eigenvalue weighted by Crippen LogP contribution is -2.36. The Morgan fingerprint density at radius 1 is 1.10 bits per heavy atom. The number of ether oxygens (including phenoxy) is 1. The predicted octanol–water partition coefficient (Wildman–Crippen LogP) is 6.77. The standard InChI is InChI=1S/C27H28ClN5O3S.C2H6/c1-27(2,3)36-26(34)32-14-13-18(16-32)30-25-29-15-22(28)24(31-25)21-17-33(23-12-8-7-11-20(21)23)37(35)19-9-5-4-6-10-19;1-2/h4-12,15,17-18H,13-14,16H2,1-3H3,(H,29,30,31);1-2H3. The number of nitrogens with zero attached hydrogens (tertiary/aromatic N) is 4. The van der Waals surface area contributed by atoms with E-state index in [4.69, 9.17) is 21.3 Å². The molecule has 8 nitrogen and oxygen atoms in total. The van der Waals surface area contributed by atoms with E-state index >= 15 is 0 Å². The molecule has 206 valence electrons. The maximum absolute atomic E-state index is 13.4. The van der Waals surface area contributed by atoms with Crippen LogP contribution in [-0.4, -0.2) is 53.9 Å². The van der Waals surface area contributed by atoms with Gasteiger partial charge in [-0.1, -0.05) is 61.8 Å². The van der Waals surface area contributed by atoms with E-state index in [0.29, 0.717) is 34.6 Å². The summed E-state index contributed by atoms with van der Waals surface area (Å²) in [6.45, 7) is 10.6. The highest BCUT2D eigenvalue weighted by Crippen LogP contribution is 2.35. The molecule has 0 aliphatic carbocycles. The maximum atomic E-state index is 13.4. The molecule has 1 aliphatic heterocycles. The molecule has 10 heteroatoms. The van der Waals surface area contributed by atoms with Crippen LogP contribution in [0.15, 0.2) is 71.9 Å². The van der Waals surface area contributed by atoms with E-state index in [1.54, 1.807) is 15.1 Å². The van der Waals surface area contributed by atoms with Crippen molar-refractivity contribution in [3.05, 3.63) is 72.0 Å². The molecule has 39 heavy (non-hydrogen) atoms. The van der Waals surface area contributed by atoms with Crippen molar-refractivity contribution >= 4 is 45.5 Å². The van der Waals surface area contributed by atoms with Gasteiger partial charge >= 0.3 is 6.09 Å². The summed E-state index contributed by atoms with van der Waals surface area (Å²) in [6.07, 6.45) is 3.81. The Kier molecular flexibility index (Phi) is 8.92. The number of hydrogen-bond acceptors (Lipinski definition) is 6. The van der Waals surface area contributed by atoms with Crippen LogP contribution in [0, 0.1) is 0 Å². The van der Waals surface area contributed by atoms with Crippen molar-refractivity contribution in [1.29, 1.82) is 0 Å². The number of benzene rings is 2. The van der Waals surface area contributed by atoms with Crippen molar-refractivity contribution in [1.82, 2.24) is 18.8 Å². The second-order valence-electron chi connectivity index (χ2n) is 9.89. The Balaban J connectivity index is 0.00000172. The Morgan fingerprint density at radius 3 is 2.51 bits per heavy atom. The van der Waals surface area contributed by atoms with Crippen LogP contribution in [0.3, 0.4) is 0 Å². The van der Waals surface area contributed by atoms with Gasteiger partial charge in [0.1, 0.15) is 5.60 Å². The van der Waals surface area contributed by atoms with Crippen LogP contribution in [-0.2, 0) is 15.7 Å². The van der Waals surface area contributed by atoms with Gasteiger partial charge in [0.25, 0.3) is 0 Å². The number of hydrogen-bond donors (Lipinski definition) is 1. The molecule has 2 unspecified atom stereocenters. The van der Waals surface area contributed by atoms with Crippen LogP contribution in [0.5, 0.6) is 0 Å². The largest absolute Gasteiger partial charge is 0.444 e. The summed E-state index contributed by atoms with van der Waals surface area (Å²) in [5, 5.41) is 4.61. The third-order valence-corrected chi connectivity index (χ3v) is 7.59. The van der Waals surface area contributed by atoms with E-state index in [9.17, 15) is 9.00 Å². The molecular formula is C29H34ClN5O3S. The van der Waals surface area contributed by atoms with E-state index in [1.165, 1.54) is 0 Å². The Labute approximate surface area is 236 Å². The second-order valence-corrected chi connectivity index (χ2v) is 11.7. The van der Waals surface area contributed by atoms with Crippen LogP contribution < -0.4 is 5.32 Å². The molecule has 2 aromatic heterocycles. The molecule has 0 saturated carbocycles. The molecule has 4 aromatic rings. The molecular weight excluding hydrogens is 534 g/mol. The molecule has 2 aromatic carbocycles. The topological polar surface area (TPSA) is 89.4 Å². The van der Waals surface area contributed by atoms with Gasteiger partial charge in [-0.2, -0.15) is 0 Å². The first kappa shape index (κ1) is 28.6. The summed E-state index contributed by atoms with van der Waals surface area (Å²) in [6, 6.07) is 17.0. The lowest BCUT2D eigenvalue weighted by Gasteiger charge is -2.24. The van der Waals surface area contributed by atoms with Crippen molar-refractivity contribution in [2.24, 2.45) is 0 Å². The third-order valence-electron chi connectivity index (χ3n) is 5.97. The fraction of sp³-hybridized carbons (Fsp3) is 0.345. The van der Waals surface area contributed by atoms with Crippen LogP contribution in [0.2, 0.25) is 5.02 Å². The van der Waals surface area contributed by atoms with Crippen molar-refractivity contribution in [3.8, 4) is 11.3 Å². The first-order valence-corrected chi connectivity index (χ1v) is 14.5. The number of aromatic nitrogens is 3. The van der Waals surface area contributed by atoms with Gasteiger partial charge in [-0.15, -0.1) is 0 Å². The van der Waals surface area contributed by atoms with Gasteiger partial charge in [-0.05, 0) is 45.4 Å². The summed E-state index contributed by atoms with van der Waals surface area (Å²) in [4.78, 5) is 23.9. The minimum atomic E-state index is -1.44. The van der Waals surface area contributed by atoms with Crippen LogP contribution in [0.4, 0.5) is 10.7 Å². The number of rotatable bonds is 5. The smallest absolute Gasteiger partial charge is 0.410 e. The molecule has 0 spiro atoms. The highest BCUT2D eigenvalue weighted by atomic mass is 35.5. The number of carbonyl (C=O) groups excluding carboxylic acids is 1. The second kappa shape index (κ2) is 12.2. The first-order valence-electron chi connectivity index (χ1n) is 13.0. The average Bonchev–Trinajstić information content (AvgIpc) is 3.55. The van der Waals surface area contributed by atoms with E-state index in [2.05, 4.69) is 10.3 Å². The molecule has 1 amide bonds. The number of amides is 1. The number of fused-ring (bicyclic) bond motifs is 1. The molecule has 0 radical (unpaired) electrons. The third kappa shape index (κ3) is 6.59. The Morgan fingerprint density at radius 2 is 1.79 bits per heavy atom. The van der Waals surface area contributed by atoms with E-state index in [-0.39, 0.29) is 12.1 Å². The van der Waals surface area contributed by atoms with Crippen molar-refractivity contribution in [3.63, 3.8) is 0 Å². The molecule has 5 rings (SSSR count). The lowest BCUT2D eigenvalue weighted by atomic mass is 10.1. The van der Waals surface area contributed by atoms with Gasteiger partial charge in [-0.25, -0.2) is 19.0 Å². The zero-order valence-electron chi connectivity index (χ0n) is 22.8. The summed E-state index contributed by atoms with van der Waals surface area (Å²) in [5.41, 5.74) is 1.58. The van der Waals surface area contributed by atoms with Gasteiger partial charge in [0, 0.05) is 36.3 Å². The normalized spacial score (nSPS) is 15.9. The van der Waals surface area contributed by atoms with Crippen molar-refractivity contribution < 1.29 is 13.7 Å². The number of para-hydroxylation sites is 1. The maximum Gasteiger partial charge on any atom is 0.410 e. The average molecular weight is 568 g/mol. The highest BCUT2D eigenvalue weighted by molar-refractivity contribution is 7.83. The minimum absolute atomic E-state index is 0.0199. The van der Waals surface area contributed by atoms with Gasteiger partial charge in [0.15, 0.2) is 11.0 Å². The molecule has 1 saturated heterocycles.